The molecule has 9 heteroatoms. The molecule has 2 aliphatic heterocycles. The molecule has 5 nitrogen and oxygen atoms in total. The molecule has 3 aromatic rings. The van der Waals surface area contributed by atoms with Crippen LogP contribution in [-0.4, -0.2) is 18.4 Å². The zero-order valence-corrected chi connectivity index (χ0v) is 17.0. The normalized spacial score (nSPS) is 16.6. The van der Waals surface area contributed by atoms with E-state index in [0.717, 1.165) is 35.8 Å². The van der Waals surface area contributed by atoms with Gasteiger partial charge in [-0.1, -0.05) is 24.3 Å². The van der Waals surface area contributed by atoms with E-state index in [1.165, 1.54) is 0 Å². The maximum Gasteiger partial charge on any atom is 0.416 e. The third-order valence-corrected chi connectivity index (χ3v) is 5.84. The first-order valence-corrected chi connectivity index (χ1v) is 10.2. The van der Waals surface area contributed by atoms with Crippen molar-refractivity contribution < 1.29 is 27.2 Å². The lowest BCUT2D eigenvalue weighted by Gasteiger charge is -2.19. The van der Waals surface area contributed by atoms with Gasteiger partial charge in [-0.25, -0.2) is 4.39 Å². The Morgan fingerprint density at radius 1 is 1.06 bits per heavy atom. The molecular formula is C24H17F4N3O2. The second-order valence-corrected chi connectivity index (χ2v) is 7.91. The van der Waals surface area contributed by atoms with Gasteiger partial charge in [0.2, 0.25) is 0 Å². The molecule has 2 amide bonds. The lowest BCUT2D eigenvalue weighted by Crippen LogP contribution is -2.21. The Balaban J connectivity index is 1.54. The summed E-state index contributed by atoms with van der Waals surface area (Å²) in [5.41, 5.74) is 2.22. The van der Waals surface area contributed by atoms with Crippen molar-refractivity contribution in [1.29, 1.82) is 0 Å². The number of fused-ring (bicyclic) bond motifs is 2. The number of hydrogen-bond acceptors (Lipinski definition) is 3. The SMILES string of the molecule is O=C(Nc1cccc2c1C(c1cccc3c1NCC3)NC2=O)c1cc(F)cc(C(F)(F)F)c1. The van der Waals surface area contributed by atoms with Gasteiger partial charge in [-0.15, -0.1) is 0 Å². The van der Waals surface area contributed by atoms with Gasteiger partial charge in [0.15, 0.2) is 0 Å². The van der Waals surface area contributed by atoms with Gasteiger partial charge in [0.25, 0.3) is 11.8 Å². The number of rotatable bonds is 3. The smallest absolute Gasteiger partial charge is 0.384 e. The fraction of sp³-hybridized carbons (Fsp3) is 0.167. The van der Waals surface area contributed by atoms with Crippen molar-refractivity contribution >= 4 is 23.2 Å². The van der Waals surface area contributed by atoms with Crippen LogP contribution in [0.4, 0.5) is 28.9 Å². The van der Waals surface area contributed by atoms with E-state index in [0.29, 0.717) is 23.3 Å². The first-order chi connectivity index (χ1) is 15.7. The summed E-state index contributed by atoms with van der Waals surface area (Å²) in [5.74, 6) is -2.41. The van der Waals surface area contributed by atoms with Crippen LogP contribution < -0.4 is 16.0 Å². The Morgan fingerprint density at radius 3 is 2.64 bits per heavy atom. The lowest BCUT2D eigenvalue weighted by molar-refractivity contribution is -0.137. The first kappa shape index (κ1) is 21.0. The van der Waals surface area contributed by atoms with Crippen LogP contribution in [0.25, 0.3) is 0 Å². The monoisotopic (exact) mass is 455 g/mol. The van der Waals surface area contributed by atoms with Crippen LogP contribution in [0.5, 0.6) is 0 Å². The first-order valence-electron chi connectivity index (χ1n) is 10.2. The van der Waals surface area contributed by atoms with Gasteiger partial charge in [0.05, 0.1) is 11.6 Å². The van der Waals surface area contributed by atoms with E-state index in [1.807, 2.05) is 18.2 Å². The van der Waals surface area contributed by atoms with Gasteiger partial charge in [0, 0.05) is 40.2 Å². The summed E-state index contributed by atoms with van der Waals surface area (Å²) < 4.78 is 53.0. The minimum Gasteiger partial charge on any atom is -0.384 e. The van der Waals surface area contributed by atoms with Crippen LogP contribution in [0.2, 0.25) is 0 Å². The molecule has 3 aromatic carbocycles. The molecule has 2 aliphatic rings. The number of para-hydroxylation sites is 1. The quantitative estimate of drug-likeness (QED) is 0.492. The average Bonchev–Trinajstić information content (AvgIpc) is 3.38. The molecule has 0 bridgehead atoms. The van der Waals surface area contributed by atoms with Crippen molar-refractivity contribution in [3.63, 3.8) is 0 Å². The van der Waals surface area contributed by atoms with Crippen LogP contribution in [0, 0.1) is 5.82 Å². The molecule has 1 atom stereocenters. The van der Waals surface area contributed by atoms with E-state index < -0.39 is 35.1 Å². The van der Waals surface area contributed by atoms with Crippen molar-refractivity contribution in [2.75, 3.05) is 17.2 Å². The molecule has 168 valence electrons. The Bertz CT molecular complexity index is 1300. The predicted molar refractivity (Wildman–Crippen MR) is 114 cm³/mol. The number of benzene rings is 3. The zero-order valence-electron chi connectivity index (χ0n) is 17.0. The fourth-order valence-corrected chi connectivity index (χ4v) is 4.38. The third-order valence-electron chi connectivity index (χ3n) is 5.84. The second kappa shape index (κ2) is 7.61. The number of carbonyl (C=O) groups is 2. The molecule has 0 aliphatic carbocycles. The minimum absolute atomic E-state index is 0.259. The Morgan fingerprint density at radius 2 is 1.85 bits per heavy atom. The highest BCUT2D eigenvalue weighted by molar-refractivity contribution is 6.08. The van der Waals surface area contributed by atoms with Gasteiger partial charge in [-0.3, -0.25) is 9.59 Å². The fourth-order valence-electron chi connectivity index (χ4n) is 4.38. The van der Waals surface area contributed by atoms with E-state index in [9.17, 15) is 27.2 Å². The van der Waals surface area contributed by atoms with E-state index in [2.05, 4.69) is 16.0 Å². The maximum absolute atomic E-state index is 13.8. The van der Waals surface area contributed by atoms with Gasteiger partial charge in [0.1, 0.15) is 5.82 Å². The highest BCUT2D eigenvalue weighted by atomic mass is 19.4. The number of hydrogen-bond donors (Lipinski definition) is 3. The topological polar surface area (TPSA) is 70.2 Å². The standard InChI is InChI=1S/C24H17F4N3O2/c25-15-10-13(9-14(11-15)24(26,27)28)22(32)30-18-6-2-4-16-19(18)21(31-23(16)33)17-5-1-3-12-7-8-29-20(12)17/h1-6,9-11,21,29H,7-8H2,(H,30,32)(H,31,33). The lowest BCUT2D eigenvalue weighted by atomic mass is 9.94. The molecular weight excluding hydrogens is 438 g/mol. The minimum atomic E-state index is -4.80. The van der Waals surface area contributed by atoms with E-state index in [4.69, 9.17) is 0 Å². The molecule has 1 unspecified atom stereocenters. The number of nitrogens with one attached hydrogen (secondary N) is 3. The number of halogens is 4. The summed E-state index contributed by atoms with van der Waals surface area (Å²) in [6.07, 6.45) is -3.95. The molecule has 3 N–H and O–H groups in total. The molecule has 0 radical (unpaired) electrons. The second-order valence-electron chi connectivity index (χ2n) is 7.91. The van der Waals surface area contributed by atoms with E-state index in [-0.39, 0.29) is 11.6 Å². The Hall–Kier alpha value is -3.88. The molecule has 0 fully saturated rings. The summed E-state index contributed by atoms with van der Waals surface area (Å²) >= 11 is 0. The van der Waals surface area contributed by atoms with Crippen LogP contribution in [0.1, 0.15) is 49.0 Å². The molecule has 0 aromatic heterocycles. The third kappa shape index (κ3) is 3.69. The van der Waals surface area contributed by atoms with Crippen LogP contribution in [0.3, 0.4) is 0 Å². The highest BCUT2D eigenvalue weighted by Crippen LogP contribution is 2.41. The van der Waals surface area contributed by atoms with Crippen molar-refractivity contribution in [2.45, 2.75) is 18.6 Å². The van der Waals surface area contributed by atoms with Crippen molar-refractivity contribution in [3.8, 4) is 0 Å². The summed E-state index contributed by atoms with van der Waals surface area (Å²) in [6.45, 7) is 0.763. The largest absolute Gasteiger partial charge is 0.416 e. The zero-order chi connectivity index (χ0) is 23.3. The van der Waals surface area contributed by atoms with Crippen molar-refractivity contribution in [1.82, 2.24) is 5.32 Å². The molecule has 2 heterocycles. The van der Waals surface area contributed by atoms with Gasteiger partial charge < -0.3 is 16.0 Å². The number of anilines is 2. The van der Waals surface area contributed by atoms with Crippen LogP contribution in [0.15, 0.2) is 54.6 Å². The van der Waals surface area contributed by atoms with Gasteiger partial charge in [-0.05, 0) is 42.3 Å². The van der Waals surface area contributed by atoms with Crippen molar-refractivity contribution in [3.05, 3.63) is 93.8 Å². The Labute approximate surface area is 185 Å². The molecule has 0 saturated heterocycles. The number of carbonyl (C=O) groups excluding carboxylic acids is 2. The number of amides is 2. The summed E-state index contributed by atoms with van der Waals surface area (Å²) in [4.78, 5) is 25.4. The maximum atomic E-state index is 13.8. The Kier molecular flexibility index (Phi) is 4.84. The van der Waals surface area contributed by atoms with Gasteiger partial charge in [-0.2, -0.15) is 13.2 Å². The van der Waals surface area contributed by atoms with E-state index >= 15 is 0 Å². The summed E-state index contributed by atoms with van der Waals surface area (Å²) in [7, 11) is 0. The van der Waals surface area contributed by atoms with E-state index in [1.54, 1.807) is 18.2 Å². The average molecular weight is 455 g/mol. The summed E-state index contributed by atoms with van der Waals surface area (Å²) in [6, 6.07) is 11.6. The predicted octanol–water partition coefficient (Wildman–Crippen LogP) is 4.90. The van der Waals surface area contributed by atoms with Gasteiger partial charge >= 0.3 is 6.18 Å². The molecule has 5 rings (SSSR count). The highest BCUT2D eigenvalue weighted by Gasteiger charge is 2.35. The van der Waals surface area contributed by atoms with Crippen LogP contribution in [-0.2, 0) is 12.6 Å². The summed E-state index contributed by atoms with van der Waals surface area (Å²) in [5, 5.41) is 8.80. The molecule has 33 heavy (non-hydrogen) atoms. The molecule has 0 saturated carbocycles. The van der Waals surface area contributed by atoms with Crippen LogP contribution >= 0.6 is 0 Å². The van der Waals surface area contributed by atoms with Crippen molar-refractivity contribution in [2.24, 2.45) is 0 Å². The molecule has 0 spiro atoms. The number of alkyl halides is 3.